The van der Waals surface area contributed by atoms with E-state index in [1.165, 1.54) is 0 Å². The lowest BCUT2D eigenvalue weighted by Gasteiger charge is -2.14. The van der Waals surface area contributed by atoms with Crippen molar-refractivity contribution in [3.05, 3.63) is 17.3 Å². The van der Waals surface area contributed by atoms with E-state index in [0.717, 1.165) is 16.6 Å². The molecule has 0 aliphatic heterocycles. The molecule has 0 saturated heterocycles. The molecule has 0 spiro atoms. The molecular weight excluding hydrogens is 246 g/mol. The van der Waals surface area contributed by atoms with E-state index in [0.29, 0.717) is 24.2 Å². The topological polar surface area (TPSA) is 61.0 Å². The summed E-state index contributed by atoms with van der Waals surface area (Å²) in [5.41, 5.74) is 5.89. The number of rotatable bonds is 5. The minimum atomic E-state index is 0.217. The number of nitrogens with two attached hydrogens (primary N) is 1. The molecule has 2 aromatic rings. The summed E-state index contributed by atoms with van der Waals surface area (Å²) in [7, 11) is 0. The Morgan fingerprint density at radius 3 is 2.83 bits per heavy atom. The van der Waals surface area contributed by atoms with E-state index in [1.807, 2.05) is 11.4 Å². The summed E-state index contributed by atoms with van der Waals surface area (Å²) in [6, 6.07) is 1.95. The summed E-state index contributed by atoms with van der Waals surface area (Å²) >= 11 is 1.57. The zero-order valence-corrected chi connectivity index (χ0v) is 11.8. The molecule has 1 unspecified atom stereocenters. The van der Waals surface area contributed by atoms with Gasteiger partial charge in [-0.25, -0.2) is 9.97 Å². The Hall–Kier alpha value is -1.20. The molecule has 2 heterocycles. The van der Waals surface area contributed by atoms with Crippen molar-refractivity contribution in [3.8, 4) is 0 Å². The fourth-order valence-corrected chi connectivity index (χ4v) is 2.73. The smallest absolute Gasteiger partial charge is 0.158 e. The van der Waals surface area contributed by atoms with Crippen molar-refractivity contribution in [2.45, 2.75) is 39.9 Å². The molecule has 4 nitrogen and oxygen atoms in total. The van der Waals surface area contributed by atoms with Crippen LogP contribution in [-0.4, -0.2) is 16.1 Å². The molecule has 5 heteroatoms. The third-order valence-electron chi connectivity index (χ3n) is 2.70. The van der Waals surface area contributed by atoms with Crippen molar-refractivity contribution in [2.24, 2.45) is 5.92 Å². The highest BCUT2D eigenvalue weighted by Crippen LogP contribution is 2.23. The second-order valence-corrected chi connectivity index (χ2v) is 5.81. The summed E-state index contributed by atoms with van der Waals surface area (Å²) in [5, 5.41) is 2.90. The van der Waals surface area contributed by atoms with Gasteiger partial charge in [-0.1, -0.05) is 13.8 Å². The monoisotopic (exact) mass is 265 g/mol. The van der Waals surface area contributed by atoms with Gasteiger partial charge in [0.15, 0.2) is 5.82 Å². The van der Waals surface area contributed by atoms with Crippen LogP contribution in [0.1, 0.15) is 33.0 Å². The maximum Gasteiger partial charge on any atom is 0.158 e. The fraction of sp³-hybridized carbons (Fsp3) is 0.538. The Bertz CT molecular complexity index is 524. The molecule has 0 aromatic carbocycles. The molecule has 2 N–H and O–H groups in total. The van der Waals surface area contributed by atoms with Crippen molar-refractivity contribution in [3.63, 3.8) is 0 Å². The van der Waals surface area contributed by atoms with Crippen LogP contribution in [0.4, 0.5) is 5.82 Å². The highest BCUT2D eigenvalue weighted by molar-refractivity contribution is 7.16. The SMILES string of the molecule is CC(C)CC(C)OCc1nc(N)c2ccsc2n1. The minimum absolute atomic E-state index is 0.217. The van der Waals surface area contributed by atoms with Crippen LogP contribution >= 0.6 is 11.3 Å². The second kappa shape index (κ2) is 5.63. The molecule has 1 atom stereocenters. The van der Waals surface area contributed by atoms with Crippen LogP contribution in [0.5, 0.6) is 0 Å². The highest BCUT2D eigenvalue weighted by atomic mass is 32.1. The Balaban J connectivity index is 2.03. The summed E-state index contributed by atoms with van der Waals surface area (Å²) in [4.78, 5) is 9.65. The number of ether oxygens (including phenoxy) is 1. The van der Waals surface area contributed by atoms with Gasteiger partial charge in [0, 0.05) is 0 Å². The first kappa shape index (κ1) is 13.2. The van der Waals surface area contributed by atoms with Gasteiger partial charge in [-0.3, -0.25) is 0 Å². The van der Waals surface area contributed by atoms with Crippen molar-refractivity contribution in [2.75, 3.05) is 5.73 Å². The van der Waals surface area contributed by atoms with Crippen LogP contribution in [0.2, 0.25) is 0 Å². The van der Waals surface area contributed by atoms with E-state index in [-0.39, 0.29) is 6.10 Å². The molecule has 98 valence electrons. The number of hydrogen-bond acceptors (Lipinski definition) is 5. The van der Waals surface area contributed by atoms with Crippen LogP contribution < -0.4 is 5.73 Å². The summed E-state index contributed by atoms with van der Waals surface area (Å²) < 4.78 is 5.74. The van der Waals surface area contributed by atoms with Gasteiger partial charge in [-0.05, 0) is 30.7 Å². The lowest BCUT2D eigenvalue weighted by Crippen LogP contribution is -2.12. The number of nitrogens with zero attached hydrogens (tertiary/aromatic N) is 2. The van der Waals surface area contributed by atoms with Crippen LogP contribution in [0.25, 0.3) is 10.2 Å². The zero-order valence-electron chi connectivity index (χ0n) is 11.0. The summed E-state index contributed by atoms with van der Waals surface area (Å²) in [6.45, 7) is 6.87. The average Bonchev–Trinajstić information content (AvgIpc) is 2.74. The predicted molar refractivity (Wildman–Crippen MR) is 75.5 cm³/mol. The first-order chi connectivity index (χ1) is 8.56. The van der Waals surface area contributed by atoms with Gasteiger partial charge in [0.25, 0.3) is 0 Å². The first-order valence-electron chi connectivity index (χ1n) is 6.17. The fourth-order valence-electron chi connectivity index (χ4n) is 1.94. The quantitative estimate of drug-likeness (QED) is 0.901. The van der Waals surface area contributed by atoms with Crippen LogP contribution in [-0.2, 0) is 11.3 Å². The molecule has 0 fully saturated rings. The largest absolute Gasteiger partial charge is 0.383 e. The number of thiophene rings is 1. The van der Waals surface area contributed by atoms with E-state index < -0.39 is 0 Å². The van der Waals surface area contributed by atoms with Gasteiger partial charge in [0.2, 0.25) is 0 Å². The van der Waals surface area contributed by atoms with E-state index in [4.69, 9.17) is 10.5 Å². The molecule has 0 amide bonds. The van der Waals surface area contributed by atoms with E-state index in [1.54, 1.807) is 11.3 Å². The Labute approximate surface area is 111 Å². The van der Waals surface area contributed by atoms with Crippen LogP contribution in [0, 0.1) is 5.92 Å². The highest BCUT2D eigenvalue weighted by Gasteiger charge is 2.09. The molecule has 18 heavy (non-hydrogen) atoms. The van der Waals surface area contributed by atoms with Gasteiger partial charge in [0.05, 0.1) is 11.5 Å². The standard InChI is InChI=1S/C13H19N3OS/c1-8(2)6-9(3)17-7-11-15-12(14)10-4-5-18-13(10)16-11/h4-5,8-9H,6-7H2,1-3H3,(H2,14,15,16). The lowest BCUT2D eigenvalue weighted by molar-refractivity contribution is 0.0361. The Morgan fingerprint density at radius 1 is 1.33 bits per heavy atom. The molecule has 0 bridgehead atoms. The molecule has 2 aromatic heterocycles. The van der Waals surface area contributed by atoms with E-state index in [9.17, 15) is 0 Å². The van der Waals surface area contributed by atoms with Gasteiger partial charge in [-0.2, -0.15) is 0 Å². The van der Waals surface area contributed by atoms with Crippen LogP contribution in [0.3, 0.4) is 0 Å². The molecule has 0 aliphatic carbocycles. The van der Waals surface area contributed by atoms with Crippen molar-refractivity contribution in [1.82, 2.24) is 9.97 Å². The molecular formula is C13H19N3OS. The van der Waals surface area contributed by atoms with Gasteiger partial charge < -0.3 is 10.5 Å². The molecule has 2 rings (SSSR count). The first-order valence-corrected chi connectivity index (χ1v) is 7.05. The van der Waals surface area contributed by atoms with Gasteiger partial charge >= 0.3 is 0 Å². The molecule has 0 radical (unpaired) electrons. The number of nitrogen functional groups attached to an aromatic ring is 1. The number of hydrogen-bond donors (Lipinski definition) is 1. The van der Waals surface area contributed by atoms with Crippen LogP contribution in [0.15, 0.2) is 11.4 Å². The summed E-state index contributed by atoms with van der Waals surface area (Å²) in [6.07, 6.45) is 1.25. The third kappa shape index (κ3) is 3.17. The number of aromatic nitrogens is 2. The van der Waals surface area contributed by atoms with Crippen molar-refractivity contribution in [1.29, 1.82) is 0 Å². The maximum atomic E-state index is 5.89. The Kier molecular flexibility index (Phi) is 4.14. The Morgan fingerprint density at radius 2 is 2.11 bits per heavy atom. The number of anilines is 1. The predicted octanol–water partition coefficient (Wildman–Crippen LogP) is 3.22. The second-order valence-electron chi connectivity index (χ2n) is 4.92. The van der Waals surface area contributed by atoms with E-state index >= 15 is 0 Å². The van der Waals surface area contributed by atoms with Gasteiger partial charge in [0.1, 0.15) is 17.3 Å². The van der Waals surface area contributed by atoms with Crippen molar-refractivity contribution >= 4 is 27.4 Å². The minimum Gasteiger partial charge on any atom is -0.383 e. The summed E-state index contributed by atoms with van der Waals surface area (Å²) in [5.74, 6) is 1.83. The number of fused-ring (bicyclic) bond motifs is 1. The molecule has 0 saturated carbocycles. The maximum absolute atomic E-state index is 5.89. The average molecular weight is 265 g/mol. The van der Waals surface area contributed by atoms with Gasteiger partial charge in [-0.15, -0.1) is 11.3 Å². The normalized spacial score (nSPS) is 13.3. The molecule has 0 aliphatic rings. The van der Waals surface area contributed by atoms with E-state index in [2.05, 4.69) is 30.7 Å². The van der Waals surface area contributed by atoms with Crippen molar-refractivity contribution < 1.29 is 4.74 Å². The lowest BCUT2D eigenvalue weighted by atomic mass is 10.1. The zero-order chi connectivity index (χ0) is 13.1. The third-order valence-corrected chi connectivity index (χ3v) is 3.51.